The van der Waals surface area contributed by atoms with Gasteiger partial charge in [-0.15, -0.1) is 11.3 Å². The van der Waals surface area contributed by atoms with Gasteiger partial charge in [0.2, 0.25) is 0 Å². The summed E-state index contributed by atoms with van der Waals surface area (Å²) in [5.41, 5.74) is 2.10. The minimum Gasteiger partial charge on any atom is -0.496 e. The highest BCUT2D eigenvalue weighted by Crippen LogP contribution is 2.30. The van der Waals surface area contributed by atoms with Crippen molar-refractivity contribution in [2.45, 2.75) is 44.6 Å². The Balaban J connectivity index is 1.57. The number of para-hydroxylation sites is 1. The lowest BCUT2D eigenvalue weighted by Crippen LogP contribution is -2.32. The highest BCUT2D eigenvalue weighted by Gasteiger charge is 2.13. The lowest BCUT2D eigenvalue weighted by molar-refractivity contribution is 0.375. The van der Waals surface area contributed by atoms with Crippen LogP contribution in [0.1, 0.15) is 37.1 Å². The Morgan fingerprint density at radius 1 is 1.23 bits per heavy atom. The van der Waals surface area contributed by atoms with Gasteiger partial charge < -0.3 is 10.1 Å². The fraction of sp³-hybridized carbons (Fsp3) is 0.500. The van der Waals surface area contributed by atoms with Crippen LogP contribution in [0.25, 0.3) is 11.3 Å². The van der Waals surface area contributed by atoms with E-state index in [4.69, 9.17) is 9.72 Å². The molecular formula is C18H24N2OS. The smallest absolute Gasteiger partial charge is 0.128 e. The highest BCUT2D eigenvalue weighted by atomic mass is 32.1. The van der Waals surface area contributed by atoms with Gasteiger partial charge in [-0.2, -0.15) is 0 Å². The fourth-order valence-corrected chi connectivity index (χ4v) is 3.89. The lowest BCUT2D eigenvalue weighted by Gasteiger charge is -2.22. The van der Waals surface area contributed by atoms with Crippen molar-refractivity contribution in [2.24, 2.45) is 0 Å². The van der Waals surface area contributed by atoms with Gasteiger partial charge in [-0.3, -0.25) is 0 Å². The summed E-state index contributed by atoms with van der Waals surface area (Å²) in [7, 11) is 1.71. The largest absolute Gasteiger partial charge is 0.496 e. The summed E-state index contributed by atoms with van der Waals surface area (Å²) >= 11 is 1.74. The van der Waals surface area contributed by atoms with Gasteiger partial charge in [0.05, 0.1) is 17.8 Å². The molecule has 0 spiro atoms. The maximum Gasteiger partial charge on any atom is 0.128 e. The molecule has 1 saturated carbocycles. The third kappa shape index (κ3) is 3.87. The van der Waals surface area contributed by atoms with Gasteiger partial charge in [0.15, 0.2) is 0 Å². The molecule has 1 aromatic carbocycles. The Hall–Kier alpha value is -1.39. The van der Waals surface area contributed by atoms with Crippen LogP contribution in [0.15, 0.2) is 29.6 Å². The molecule has 0 aliphatic heterocycles. The van der Waals surface area contributed by atoms with Gasteiger partial charge in [-0.1, -0.05) is 31.4 Å². The van der Waals surface area contributed by atoms with Crippen LogP contribution in [-0.2, 0) is 6.42 Å². The molecule has 2 aromatic rings. The molecule has 0 radical (unpaired) electrons. The normalized spacial score (nSPS) is 15.9. The summed E-state index contributed by atoms with van der Waals surface area (Å²) in [4.78, 5) is 4.77. The molecule has 22 heavy (non-hydrogen) atoms. The van der Waals surface area contributed by atoms with Crippen molar-refractivity contribution in [2.75, 3.05) is 13.7 Å². The maximum absolute atomic E-state index is 5.42. The lowest BCUT2D eigenvalue weighted by atomic mass is 9.95. The predicted molar refractivity (Wildman–Crippen MR) is 92.7 cm³/mol. The van der Waals surface area contributed by atoms with E-state index in [-0.39, 0.29) is 0 Å². The monoisotopic (exact) mass is 316 g/mol. The first kappa shape index (κ1) is 15.5. The number of thiazole rings is 1. The molecule has 1 aliphatic rings. The van der Waals surface area contributed by atoms with Crippen LogP contribution in [0.4, 0.5) is 0 Å². The zero-order valence-corrected chi connectivity index (χ0v) is 14.0. The third-order valence-corrected chi connectivity index (χ3v) is 5.22. The molecule has 3 rings (SSSR count). The molecular weight excluding hydrogens is 292 g/mol. The zero-order chi connectivity index (χ0) is 15.2. The third-order valence-electron chi connectivity index (χ3n) is 4.31. The maximum atomic E-state index is 5.42. The molecule has 118 valence electrons. The van der Waals surface area contributed by atoms with Crippen LogP contribution < -0.4 is 10.1 Å². The predicted octanol–water partition coefficient (Wildman–Crippen LogP) is 4.28. The van der Waals surface area contributed by atoms with Crippen LogP contribution in [0.3, 0.4) is 0 Å². The number of aromatic nitrogens is 1. The standard InChI is InChI=1S/C18H24N2OS/c1-21-17-10-6-5-9-15(17)16-13-22-18(20-16)11-12-19-14-7-3-2-4-8-14/h5-6,9-10,13-14,19H,2-4,7-8,11-12H2,1H3. The molecule has 1 aromatic heterocycles. The second-order valence-electron chi connectivity index (χ2n) is 5.87. The van der Waals surface area contributed by atoms with E-state index in [2.05, 4.69) is 16.8 Å². The van der Waals surface area contributed by atoms with Gasteiger partial charge in [0.1, 0.15) is 5.75 Å². The summed E-state index contributed by atoms with van der Waals surface area (Å²) in [5, 5.41) is 7.01. The molecule has 0 atom stereocenters. The van der Waals surface area contributed by atoms with Crippen molar-refractivity contribution >= 4 is 11.3 Å². The van der Waals surface area contributed by atoms with E-state index in [1.165, 1.54) is 37.1 Å². The molecule has 1 fully saturated rings. The number of nitrogens with one attached hydrogen (secondary N) is 1. The number of nitrogens with zero attached hydrogens (tertiary/aromatic N) is 1. The van der Waals surface area contributed by atoms with E-state index in [1.54, 1.807) is 18.4 Å². The second-order valence-corrected chi connectivity index (χ2v) is 6.81. The Kier molecular flexibility index (Phi) is 5.46. The summed E-state index contributed by atoms with van der Waals surface area (Å²) in [6, 6.07) is 8.80. The number of hydrogen-bond donors (Lipinski definition) is 1. The summed E-state index contributed by atoms with van der Waals surface area (Å²) in [6.07, 6.45) is 7.86. The van der Waals surface area contributed by atoms with E-state index in [0.717, 1.165) is 36.0 Å². The molecule has 0 unspecified atom stereocenters. The van der Waals surface area contributed by atoms with Crippen molar-refractivity contribution in [1.82, 2.24) is 10.3 Å². The highest BCUT2D eigenvalue weighted by molar-refractivity contribution is 7.09. The van der Waals surface area contributed by atoms with E-state index < -0.39 is 0 Å². The van der Waals surface area contributed by atoms with Crippen molar-refractivity contribution < 1.29 is 4.74 Å². The topological polar surface area (TPSA) is 34.1 Å². The molecule has 4 heteroatoms. The summed E-state index contributed by atoms with van der Waals surface area (Å²) in [5.74, 6) is 0.889. The molecule has 0 amide bonds. The van der Waals surface area contributed by atoms with Crippen LogP contribution in [0, 0.1) is 0 Å². The Bertz CT molecular complexity index is 590. The Morgan fingerprint density at radius 2 is 2.05 bits per heavy atom. The zero-order valence-electron chi connectivity index (χ0n) is 13.2. The number of methoxy groups -OCH3 is 1. The van der Waals surface area contributed by atoms with Crippen molar-refractivity contribution in [3.05, 3.63) is 34.7 Å². The van der Waals surface area contributed by atoms with E-state index in [0.29, 0.717) is 0 Å². The number of ether oxygens (including phenoxy) is 1. The van der Waals surface area contributed by atoms with E-state index >= 15 is 0 Å². The average Bonchev–Trinajstić information content (AvgIpc) is 3.04. The fourth-order valence-electron chi connectivity index (χ4n) is 3.10. The van der Waals surface area contributed by atoms with Crippen LogP contribution in [0.5, 0.6) is 5.75 Å². The SMILES string of the molecule is COc1ccccc1-c1csc(CCNC2CCCCC2)n1. The number of hydrogen-bond acceptors (Lipinski definition) is 4. The Labute approximate surface area is 136 Å². The van der Waals surface area contributed by atoms with Crippen LogP contribution in [-0.4, -0.2) is 24.7 Å². The first-order chi connectivity index (χ1) is 10.9. The van der Waals surface area contributed by atoms with E-state index in [9.17, 15) is 0 Å². The van der Waals surface area contributed by atoms with E-state index in [1.807, 2.05) is 18.2 Å². The van der Waals surface area contributed by atoms with Gasteiger partial charge in [-0.05, 0) is 25.0 Å². The summed E-state index contributed by atoms with van der Waals surface area (Å²) in [6.45, 7) is 1.03. The first-order valence-electron chi connectivity index (χ1n) is 8.18. The molecule has 3 nitrogen and oxygen atoms in total. The number of rotatable bonds is 6. The van der Waals surface area contributed by atoms with Gasteiger partial charge >= 0.3 is 0 Å². The van der Waals surface area contributed by atoms with Gasteiger partial charge in [-0.25, -0.2) is 4.98 Å². The summed E-state index contributed by atoms with van der Waals surface area (Å²) < 4.78 is 5.42. The Morgan fingerprint density at radius 3 is 2.86 bits per heavy atom. The molecule has 0 bridgehead atoms. The second kappa shape index (κ2) is 7.75. The van der Waals surface area contributed by atoms with Crippen LogP contribution in [0.2, 0.25) is 0 Å². The first-order valence-corrected chi connectivity index (χ1v) is 9.06. The molecule has 1 aliphatic carbocycles. The minimum atomic E-state index is 0.724. The van der Waals surface area contributed by atoms with Crippen LogP contribution >= 0.6 is 11.3 Å². The van der Waals surface area contributed by atoms with Crippen molar-refractivity contribution in [3.63, 3.8) is 0 Å². The average molecular weight is 316 g/mol. The van der Waals surface area contributed by atoms with Gasteiger partial charge in [0, 0.05) is 30.0 Å². The molecule has 1 heterocycles. The van der Waals surface area contributed by atoms with Crippen molar-refractivity contribution in [1.29, 1.82) is 0 Å². The molecule has 0 saturated heterocycles. The molecule has 1 N–H and O–H groups in total. The number of benzene rings is 1. The quantitative estimate of drug-likeness (QED) is 0.863. The minimum absolute atomic E-state index is 0.724. The van der Waals surface area contributed by atoms with Crippen molar-refractivity contribution in [3.8, 4) is 17.0 Å². The van der Waals surface area contributed by atoms with Gasteiger partial charge in [0.25, 0.3) is 0 Å².